The molecule has 190 valence electrons. The van der Waals surface area contributed by atoms with Crippen LogP contribution in [-0.4, -0.2) is 24.5 Å². The third kappa shape index (κ3) is 8.67. The molecule has 0 aliphatic rings. The average Bonchev–Trinajstić information content (AvgIpc) is 3.23. The van der Waals surface area contributed by atoms with Gasteiger partial charge in [-0.05, 0) is 73.9 Å². The van der Waals surface area contributed by atoms with Crippen molar-refractivity contribution in [3.63, 3.8) is 0 Å². The van der Waals surface area contributed by atoms with Crippen LogP contribution in [0.25, 0.3) is 21.1 Å². The molecule has 0 radical (unpaired) electrons. The largest absolute Gasteiger partial charge is 1.00 e. The molecule has 0 fully saturated rings. The van der Waals surface area contributed by atoms with Crippen molar-refractivity contribution >= 4 is 38.7 Å². The summed E-state index contributed by atoms with van der Waals surface area (Å²) in [5.74, 6) is 0. The number of thiophene rings is 1. The van der Waals surface area contributed by atoms with Crippen molar-refractivity contribution in [3.05, 3.63) is 79.9 Å². The molecule has 0 saturated heterocycles. The third-order valence-corrected chi connectivity index (χ3v) is 8.28. The molecule has 0 spiro atoms. The Morgan fingerprint density at radius 1 is 1.03 bits per heavy atom. The van der Waals surface area contributed by atoms with Crippen molar-refractivity contribution in [2.24, 2.45) is 0 Å². The quantitative estimate of drug-likeness (QED) is 0.157. The smallest absolute Gasteiger partial charge is 0.662 e. The molecule has 0 amide bonds. The summed E-state index contributed by atoms with van der Waals surface area (Å²) in [6.45, 7) is 14.9. The molecule has 1 heterocycles. The van der Waals surface area contributed by atoms with Gasteiger partial charge in [0.1, 0.15) is 0 Å². The molecule has 0 aliphatic carbocycles. The molecule has 0 atom stereocenters. The van der Waals surface area contributed by atoms with Gasteiger partial charge in [-0.15, -0.1) is 17.9 Å². The number of allylic oxidation sites excluding steroid dienone is 1. The van der Waals surface area contributed by atoms with Crippen LogP contribution in [0.5, 0.6) is 0 Å². The van der Waals surface area contributed by atoms with Crippen LogP contribution in [0.1, 0.15) is 80.0 Å². The van der Waals surface area contributed by atoms with Gasteiger partial charge in [-0.2, -0.15) is 6.54 Å². The maximum atomic E-state index is 6.72. The van der Waals surface area contributed by atoms with Crippen molar-refractivity contribution in [2.75, 3.05) is 19.6 Å². The number of hydrogen-bond acceptors (Lipinski definition) is 2. The van der Waals surface area contributed by atoms with Crippen LogP contribution in [-0.2, 0) is 13.0 Å². The maximum Gasteiger partial charge on any atom is 1.00 e. The minimum absolute atomic E-state index is 0. The van der Waals surface area contributed by atoms with Crippen LogP contribution in [0.3, 0.4) is 0 Å². The minimum atomic E-state index is 0. The first kappa shape index (κ1) is 32.0. The van der Waals surface area contributed by atoms with Crippen LogP contribution >= 0.6 is 22.9 Å². The van der Waals surface area contributed by atoms with E-state index in [2.05, 4.69) is 81.2 Å². The molecule has 1 aromatic heterocycles. The van der Waals surface area contributed by atoms with E-state index in [1.807, 2.05) is 17.4 Å². The minimum Gasteiger partial charge on any atom is -0.662 e. The zero-order chi connectivity index (χ0) is 25.2. The van der Waals surface area contributed by atoms with E-state index in [9.17, 15) is 0 Å². The Bertz CT molecular complexity index is 1120. The van der Waals surface area contributed by atoms with E-state index in [0.717, 1.165) is 56.9 Å². The Morgan fingerprint density at radius 2 is 1.83 bits per heavy atom. The number of hydrogen-bond donors (Lipinski definition) is 0. The predicted octanol–water partition coefficient (Wildman–Crippen LogP) is 6.95. The molecule has 2 nitrogen and oxygen atoms in total. The summed E-state index contributed by atoms with van der Waals surface area (Å²) >= 11 is 8.63. The van der Waals surface area contributed by atoms with Crippen LogP contribution in [0.15, 0.2) is 42.5 Å². The van der Waals surface area contributed by atoms with Crippen molar-refractivity contribution in [1.82, 2.24) is 4.90 Å². The Morgan fingerprint density at radius 3 is 2.53 bits per heavy atom. The summed E-state index contributed by atoms with van der Waals surface area (Å²) in [5, 5.41) is 6.67. The van der Waals surface area contributed by atoms with E-state index in [1.165, 1.54) is 55.8 Å². The van der Waals surface area contributed by atoms with E-state index in [0.29, 0.717) is 0 Å². The van der Waals surface area contributed by atoms with Gasteiger partial charge in [-0.1, -0.05) is 75.6 Å². The summed E-state index contributed by atoms with van der Waals surface area (Å²) in [4.78, 5) is 4.03. The second-order valence-corrected chi connectivity index (χ2v) is 10.9. The second kappa shape index (κ2) is 16.7. The molecule has 0 N–H and O–H groups in total. The second-order valence-electron chi connectivity index (χ2n) is 9.42. The number of unbranched alkanes of at least 4 members (excludes halogenated alkanes) is 3. The van der Waals surface area contributed by atoms with E-state index in [1.54, 1.807) is 0 Å². The average molecular weight is 549 g/mol. The normalized spacial score (nSPS) is 11.7. The molecule has 36 heavy (non-hydrogen) atoms. The summed E-state index contributed by atoms with van der Waals surface area (Å²) in [6, 6.07) is 13.3. The number of halogens is 1. The zero-order valence-electron chi connectivity index (χ0n) is 23.3. The molecule has 0 saturated carbocycles. The summed E-state index contributed by atoms with van der Waals surface area (Å²) < 4.78 is 1.29. The number of fused-ring (bicyclic) bond motifs is 1. The Labute approximate surface area is 271 Å². The topological polar surface area (TPSA) is 17.3 Å². The molecular formula is C31H42ClKN2S. The molecular weight excluding hydrogens is 507 g/mol. The van der Waals surface area contributed by atoms with Gasteiger partial charge in [0.2, 0.25) is 0 Å². The van der Waals surface area contributed by atoms with Gasteiger partial charge < -0.3 is 10.2 Å². The standard InChI is InChI=1S/C31H42ClN2S.K/c1-6-9-10-15-28(31-26(7-2)30-27(32)14-13-16-29(30)35-31)34(20-12-11-19-33-8-3)22-25-18-17-23(4)24(5)21-25;/h13-18,21H,6-12,19-20,22H2,1-5H3;/q-1;+1/b28-15-;. The number of benzene rings is 2. The fourth-order valence-corrected chi connectivity index (χ4v) is 6.34. The fraction of sp³-hybridized carbons (Fsp3) is 0.484. The Kier molecular flexibility index (Phi) is 14.9. The maximum absolute atomic E-state index is 6.72. The fourth-order valence-electron chi connectivity index (χ4n) is 4.61. The Hall–Kier alpha value is -0.174. The molecule has 2 aromatic carbocycles. The number of nitrogens with zero attached hydrogens (tertiary/aromatic N) is 2. The van der Waals surface area contributed by atoms with Gasteiger partial charge in [0.25, 0.3) is 0 Å². The number of aryl methyl sites for hydroxylation is 3. The molecule has 0 unspecified atom stereocenters. The van der Waals surface area contributed by atoms with Crippen LogP contribution in [0.4, 0.5) is 0 Å². The van der Waals surface area contributed by atoms with Crippen molar-refractivity contribution in [3.8, 4) is 0 Å². The van der Waals surface area contributed by atoms with Crippen LogP contribution in [0.2, 0.25) is 5.02 Å². The number of rotatable bonds is 14. The SMILES string of the molecule is CCCC/C=C(/c1sc2cccc(Cl)c2c1CC)N(CCCC[N-]CC)Cc1ccc(C)c(C)c1.[K+]. The van der Waals surface area contributed by atoms with Crippen LogP contribution in [0, 0.1) is 13.8 Å². The summed E-state index contributed by atoms with van der Waals surface area (Å²) in [6.07, 6.45) is 9.29. The van der Waals surface area contributed by atoms with Crippen molar-refractivity contribution in [1.29, 1.82) is 0 Å². The van der Waals surface area contributed by atoms with Crippen molar-refractivity contribution < 1.29 is 51.4 Å². The van der Waals surface area contributed by atoms with Crippen molar-refractivity contribution in [2.45, 2.75) is 79.7 Å². The third-order valence-electron chi connectivity index (χ3n) is 6.75. The van der Waals surface area contributed by atoms with Gasteiger partial charge in [-0.3, -0.25) is 0 Å². The van der Waals surface area contributed by atoms with Gasteiger partial charge in [0.15, 0.2) is 0 Å². The van der Waals surface area contributed by atoms with Gasteiger partial charge >= 0.3 is 51.4 Å². The van der Waals surface area contributed by atoms with Crippen LogP contribution < -0.4 is 51.4 Å². The molecule has 5 heteroatoms. The van der Waals surface area contributed by atoms with E-state index < -0.39 is 0 Å². The first-order valence-corrected chi connectivity index (χ1v) is 14.5. The van der Waals surface area contributed by atoms with Gasteiger partial charge in [0, 0.05) is 28.2 Å². The van der Waals surface area contributed by atoms with E-state index in [4.69, 9.17) is 11.6 Å². The van der Waals surface area contributed by atoms with E-state index >= 15 is 0 Å². The molecule has 3 rings (SSSR count). The monoisotopic (exact) mass is 548 g/mol. The van der Waals surface area contributed by atoms with E-state index in [-0.39, 0.29) is 51.4 Å². The Balaban J connectivity index is 0.00000456. The molecule has 0 aliphatic heterocycles. The first-order valence-electron chi connectivity index (χ1n) is 13.3. The summed E-state index contributed by atoms with van der Waals surface area (Å²) in [7, 11) is 0. The first-order chi connectivity index (χ1) is 17.0. The molecule has 0 bridgehead atoms. The predicted molar refractivity (Wildman–Crippen MR) is 158 cm³/mol. The van der Waals surface area contributed by atoms with Gasteiger partial charge in [0.05, 0.1) is 10.6 Å². The summed E-state index contributed by atoms with van der Waals surface area (Å²) in [5.41, 5.74) is 6.88. The zero-order valence-corrected chi connectivity index (χ0v) is 28.0. The van der Waals surface area contributed by atoms with Gasteiger partial charge in [-0.25, -0.2) is 0 Å². The molecule has 3 aromatic rings.